The molecule has 0 spiro atoms. The summed E-state index contributed by atoms with van der Waals surface area (Å²) >= 11 is 3.17. The van der Waals surface area contributed by atoms with Gasteiger partial charge in [0.1, 0.15) is 4.60 Å². The molecule has 260 valence electrons. The summed E-state index contributed by atoms with van der Waals surface area (Å²) in [5, 5.41) is 16.5. The molecular weight excluding hydrogens is 718 g/mol. The number of ketones is 2. The van der Waals surface area contributed by atoms with E-state index in [9.17, 15) is 22.5 Å². The standard InChI is InChI=1S/C10H11NO.C10H18O2.C7H6BrNO.C3H5BF3.C3H7BO2.K/c1-7(12)9-4-5-10(11-6-9)8-2-3-8;1-9(2)10(3,4)12-8(11-9)7-5-6-7;1-5(10)6-2-3-7(8)9-4-6;5-4(6,7)3-1-2-3;5-4(6)3-1-2-3;/h4-6,8H,2-3H2,1H3;7-8H,5-6H2,1-4H3;2-4H,1H3;3H,1-2H2;3,5-6H,1-2H2;/q;;;-1;;+1. The first-order chi connectivity index (χ1) is 21.8. The quantitative estimate of drug-likeness (QED) is 0.236. The third-order valence-corrected chi connectivity index (χ3v) is 9.27. The van der Waals surface area contributed by atoms with E-state index < -0.39 is 19.9 Å². The largest absolute Gasteiger partial charge is 1.00 e. The average Bonchev–Trinajstić information content (AvgIpc) is 3.82. The zero-order valence-corrected chi connectivity index (χ0v) is 33.8. The summed E-state index contributed by atoms with van der Waals surface area (Å²) in [7, 11) is -1.04. The Morgan fingerprint density at radius 3 is 1.54 bits per heavy atom. The molecule has 0 aromatic carbocycles. The molecular formula is C33H47B2BrF3KN2O6. The van der Waals surface area contributed by atoms with E-state index in [0.717, 1.165) is 23.1 Å². The van der Waals surface area contributed by atoms with Crippen molar-refractivity contribution in [3.63, 3.8) is 0 Å². The molecule has 0 atom stereocenters. The molecule has 0 amide bonds. The molecule has 2 N–H and O–H groups in total. The minimum Gasteiger partial charge on any atom is -0.449 e. The van der Waals surface area contributed by atoms with Gasteiger partial charge in [0.25, 0.3) is 0 Å². The van der Waals surface area contributed by atoms with Gasteiger partial charge in [0.15, 0.2) is 17.9 Å². The maximum absolute atomic E-state index is 11.3. The second-order valence-electron chi connectivity index (χ2n) is 13.9. The summed E-state index contributed by atoms with van der Waals surface area (Å²) in [6.45, 7) is 7.06. The van der Waals surface area contributed by atoms with E-state index in [1.54, 1.807) is 31.5 Å². The fraction of sp³-hybridized carbons (Fsp3) is 0.636. The van der Waals surface area contributed by atoms with Gasteiger partial charge in [-0.1, -0.05) is 31.5 Å². The molecule has 0 radical (unpaired) electrons. The number of carbonyl (C=O) groups excluding carboxylic acids is 2. The molecule has 15 heteroatoms. The van der Waals surface area contributed by atoms with E-state index in [2.05, 4.69) is 53.6 Å². The van der Waals surface area contributed by atoms with E-state index in [-0.39, 0.29) is 86.3 Å². The fourth-order valence-corrected chi connectivity index (χ4v) is 4.37. The predicted molar refractivity (Wildman–Crippen MR) is 180 cm³/mol. The van der Waals surface area contributed by atoms with Crippen molar-refractivity contribution in [1.29, 1.82) is 0 Å². The minimum absolute atomic E-state index is 0. The normalized spacial score (nSPS) is 20.4. The summed E-state index contributed by atoms with van der Waals surface area (Å²) in [5.41, 5.74) is 2.21. The molecule has 1 aliphatic heterocycles. The molecule has 7 rings (SSSR count). The van der Waals surface area contributed by atoms with Crippen LogP contribution >= 0.6 is 15.9 Å². The van der Waals surface area contributed by atoms with Crippen molar-refractivity contribution in [3.05, 3.63) is 58.1 Å². The minimum atomic E-state index is -4.44. The summed E-state index contributed by atoms with van der Waals surface area (Å²) in [6, 6.07) is 7.31. The van der Waals surface area contributed by atoms with Crippen LogP contribution in [0.5, 0.6) is 0 Å². The van der Waals surface area contributed by atoms with Gasteiger partial charge in [0.05, 0.1) is 11.2 Å². The Hall–Kier alpha value is -0.484. The van der Waals surface area contributed by atoms with Gasteiger partial charge >= 0.3 is 65.5 Å². The van der Waals surface area contributed by atoms with Crippen LogP contribution in [0.4, 0.5) is 12.9 Å². The summed E-state index contributed by atoms with van der Waals surface area (Å²) in [5.74, 6) is 0.798. The molecule has 5 fully saturated rings. The Morgan fingerprint density at radius 2 is 1.29 bits per heavy atom. The Bertz CT molecular complexity index is 1300. The maximum Gasteiger partial charge on any atom is 1.00 e. The van der Waals surface area contributed by atoms with Crippen LogP contribution in [-0.2, 0) is 9.47 Å². The summed E-state index contributed by atoms with van der Waals surface area (Å²) < 4.78 is 46.4. The Kier molecular flexibility index (Phi) is 17.1. The monoisotopic (exact) mass is 764 g/mol. The number of ether oxygens (including phenoxy) is 2. The Morgan fingerprint density at radius 1 is 0.812 bits per heavy atom. The average molecular weight is 765 g/mol. The van der Waals surface area contributed by atoms with Crippen molar-refractivity contribution in [2.45, 2.75) is 128 Å². The number of hydrogen-bond donors (Lipinski definition) is 2. The van der Waals surface area contributed by atoms with Gasteiger partial charge in [-0.05, 0) is 113 Å². The van der Waals surface area contributed by atoms with Gasteiger partial charge in [0, 0.05) is 41.1 Å². The van der Waals surface area contributed by atoms with Crippen molar-refractivity contribution < 1.29 is 93.4 Å². The van der Waals surface area contributed by atoms with E-state index in [1.165, 1.54) is 32.6 Å². The Labute approximate surface area is 333 Å². The number of carbonyl (C=O) groups is 2. The van der Waals surface area contributed by atoms with Crippen molar-refractivity contribution in [2.75, 3.05) is 0 Å². The van der Waals surface area contributed by atoms with Gasteiger partial charge in [-0.15, -0.1) is 0 Å². The first-order valence-electron chi connectivity index (χ1n) is 16.3. The number of hydrogen-bond acceptors (Lipinski definition) is 8. The smallest absolute Gasteiger partial charge is 0.449 e. The van der Waals surface area contributed by atoms with Gasteiger partial charge in [-0.3, -0.25) is 14.6 Å². The molecule has 2 aromatic rings. The molecule has 3 heterocycles. The number of aromatic nitrogens is 2. The second-order valence-corrected chi connectivity index (χ2v) is 14.7. The second kappa shape index (κ2) is 18.8. The molecule has 2 aromatic heterocycles. The van der Waals surface area contributed by atoms with E-state index in [0.29, 0.717) is 35.8 Å². The summed E-state index contributed by atoms with van der Waals surface area (Å²) in [4.78, 5) is 29.7. The number of Topliss-reactive ketones (excluding diaryl/α,β-unsaturated/α-hetero) is 2. The molecule has 0 unspecified atom stereocenters. The predicted octanol–water partition coefficient (Wildman–Crippen LogP) is 5.16. The zero-order valence-electron chi connectivity index (χ0n) is 29.1. The third-order valence-electron chi connectivity index (χ3n) is 8.80. The van der Waals surface area contributed by atoms with Gasteiger partial charge in [0.2, 0.25) is 0 Å². The van der Waals surface area contributed by atoms with Gasteiger partial charge < -0.3 is 32.5 Å². The van der Waals surface area contributed by atoms with Crippen LogP contribution in [0.2, 0.25) is 11.6 Å². The number of pyridine rings is 2. The molecule has 48 heavy (non-hydrogen) atoms. The number of halogens is 4. The number of nitrogens with zero attached hydrogens (tertiary/aromatic N) is 2. The van der Waals surface area contributed by atoms with Crippen LogP contribution in [0, 0.1) is 5.92 Å². The molecule has 1 saturated heterocycles. The van der Waals surface area contributed by atoms with Crippen molar-refractivity contribution in [1.82, 2.24) is 9.97 Å². The van der Waals surface area contributed by atoms with Crippen LogP contribution in [0.3, 0.4) is 0 Å². The van der Waals surface area contributed by atoms with Crippen molar-refractivity contribution in [2.24, 2.45) is 5.92 Å². The third kappa shape index (κ3) is 15.4. The molecule has 5 aliphatic rings. The van der Waals surface area contributed by atoms with E-state index in [1.807, 2.05) is 12.1 Å². The van der Waals surface area contributed by atoms with Crippen molar-refractivity contribution in [3.8, 4) is 0 Å². The van der Waals surface area contributed by atoms with Crippen LogP contribution in [-0.4, -0.2) is 63.2 Å². The van der Waals surface area contributed by atoms with Crippen LogP contribution in [0.15, 0.2) is 41.3 Å². The topological polar surface area (TPSA) is 119 Å². The maximum atomic E-state index is 11.3. The van der Waals surface area contributed by atoms with Crippen molar-refractivity contribution >= 4 is 41.6 Å². The van der Waals surface area contributed by atoms with E-state index >= 15 is 0 Å². The molecule has 8 nitrogen and oxygen atoms in total. The van der Waals surface area contributed by atoms with E-state index in [4.69, 9.17) is 19.5 Å². The van der Waals surface area contributed by atoms with Crippen LogP contribution in [0.1, 0.15) is 125 Å². The fourth-order valence-electron chi connectivity index (χ4n) is 4.14. The first-order valence-corrected chi connectivity index (χ1v) is 17.1. The molecule has 0 bridgehead atoms. The first kappa shape index (κ1) is 43.7. The SMILES string of the molecule is CC(=O)c1ccc(Br)nc1.CC(=O)c1ccc(C2CC2)nc1.CC1(C)OC(C2CC2)OC1(C)C.F[B-](F)(F)C1CC1.OB(O)C1CC1.[K+]. The zero-order chi connectivity index (χ0) is 35.2. The van der Waals surface area contributed by atoms with Gasteiger partial charge in [-0.25, -0.2) is 4.98 Å². The number of rotatable bonds is 6. The Balaban J connectivity index is 0.000000212. The van der Waals surface area contributed by atoms with Crippen LogP contribution < -0.4 is 51.4 Å². The summed E-state index contributed by atoms with van der Waals surface area (Å²) in [6.07, 6.45) is 11.1. The molecule has 4 saturated carbocycles. The van der Waals surface area contributed by atoms with Gasteiger partial charge in [-0.2, -0.15) is 0 Å². The van der Waals surface area contributed by atoms with Crippen LogP contribution in [0.25, 0.3) is 0 Å². The molecule has 4 aliphatic carbocycles.